The van der Waals surface area contributed by atoms with Gasteiger partial charge in [0, 0.05) is 11.3 Å². The summed E-state index contributed by atoms with van der Waals surface area (Å²) in [6.07, 6.45) is 0.182. The Balaban J connectivity index is 2.75. The highest BCUT2D eigenvalue weighted by molar-refractivity contribution is 8.00. The smallest absolute Gasteiger partial charge is 0.330 e. The zero-order valence-corrected chi connectivity index (χ0v) is 11.1. The van der Waals surface area contributed by atoms with Crippen LogP contribution < -0.4 is 11.1 Å². The summed E-state index contributed by atoms with van der Waals surface area (Å²) in [4.78, 5) is 11.6. The first-order valence-electron chi connectivity index (χ1n) is 5.66. The second-order valence-electron chi connectivity index (χ2n) is 4.14. The van der Waals surface area contributed by atoms with Gasteiger partial charge in [0.15, 0.2) is 0 Å². The van der Waals surface area contributed by atoms with Gasteiger partial charge in [0.05, 0.1) is 5.69 Å². The molecular formula is C12H15F3N2OS. The van der Waals surface area contributed by atoms with E-state index in [1.807, 2.05) is 0 Å². The van der Waals surface area contributed by atoms with Gasteiger partial charge in [0.2, 0.25) is 5.91 Å². The van der Waals surface area contributed by atoms with E-state index in [9.17, 15) is 18.0 Å². The Morgan fingerprint density at radius 3 is 2.63 bits per heavy atom. The van der Waals surface area contributed by atoms with Gasteiger partial charge in [0.25, 0.3) is 0 Å². The predicted molar refractivity (Wildman–Crippen MR) is 69.8 cm³/mol. The van der Waals surface area contributed by atoms with E-state index < -0.39 is 5.51 Å². The molecule has 1 rings (SSSR count). The Morgan fingerprint density at radius 2 is 2.05 bits per heavy atom. The van der Waals surface area contributed by atoms with Gasteiger partial charge >= 0.3 is 5.51 Å². The first-order valence-corrected chi connectivity index (χ1v) is 6.48. The fraction of sp³-hybridized carbons (Fsp3) is 0.417. The number of hydrogen-bond donors (Lipinski definition) is 2. The van der Waals surface area contributed by atoms with Crippen molar-refractivity contribution >= 4 is 23.4 Å². The molecule has 1 amide bonds. The molecule has 0 heterocycles. The fourth-order valence-electron chi connectivity index (χ4n) is 1.38. The van der Waals surface area contributed by atoms with Crippen molar-refractivity contribution in [3.8, 4) is 0 Å². The molecule has 1 aromatic rings. The minimum atomic E-state index is -4.38. The molecule has 0 aliphatic rings. The number of alkyl halides is 3. The Hall–Kier alpha value is -1.21. The Morgan fingerprint density at radius 1 is 1.42 bits per heavy atom. The molecule has 0 aliphatic heterocycles. The number of thioether (sulfide) groups is 1. The third-order valence-corrected chi connectivity index (χ3v) is 3.13. The molecule has 1 aromatic carbocycles. The number of benzene rings is 1. The van der Waals surface area contributed by atoms with Gasteiger partial charge in [-0.2, -0.15) is 13.2 Å². The molecule has 0 radical (unpaired) electrons. The van der Waals surface area contributed by atoms with Crippen LogP contribution in [0.4, 0.5) is 18.9 Å². The standard InChI is InChI=1S/C12H15F3N2OS/c1-8(7-16)6-11(18)17-9-4-2-3-5-10(9)19-12(13,14)15/h2-5,8H,6-7,16H2,1H3,(H,17,18). The first-order chi connectivity index (χ1) is 8.81. The zero-order chi connectivity index (χ0) is 14.5. The molecule has 0 aliphatic carbocycles. The van der Waals surface area contributed by atoms with Gasteiger partial charge in [-0.1, -0.05) is 19.1 Å². The van der Waals surface area contributed by atoms with E-state index in [1.54, 1.807) is 13.0 Å². The maximum Gasteiger partial charge on any atom is 0.446 e. The minimum Gasteiger partial charge on any atom is -0.330 e. The summed E-state index contributed by atoms with van der Waals surface area (Å²) in [6.45, 7) is 2.16. The maximum absolute atomic E-state index is 12.4. The summed E-state index contributed by atoms with van der Waals surface area (Å²) in [5, 5.41) is 2.48. The number of amides is 1. The average Bonchev–Trinajstić information content (AvgIpc) is 2.29. The number of carbonyl (C=O) groups excluding carboxylic acids is 1. The number of anilines is 1. The third kappa shape index (κ3) is 5.98. The van der Waals surface area contributed by atoms with E-state index in [0.717, 1.165) is 0 Å². The van der Waals surface area contributed by atoms with Crippen LogP contribution in [0.2, 0.25) is 0 Å². The van der Waals surface area contributed by atoms with Gasteiger partial charge in [0.1, 0.15) is 0 Å². The fourth-order valence-corrected chi connectivity index (χ4v) is 2.01. The van der Waals surface area contributed by atoms with E-state index in [2.05, 4.69) is 5.32 Å². The lowest BCUT2D eigenvalue weighted by Gasteiger charge is -2.13. The van der Waals surface area contributed by atoms with Crippen molar-refractivity contribution in [2.24, 2.45) is 11.7 Å². The normalized spacial score (nSPS) is 13.1. The van der Waals surface area contributed by atoms with Gasteiger partial charge in [-0.3, -0.25) is 4.79 Å². The summed E-state index contributed by atoms with van der Waals surface area (Å²) in [5.74, 6) is -0.351. The number of para-hydroxylation sites is 1. The van der Waals surface area contributed by atoms with Gasteiger partial charge in [-0.25, -0.2) is 0 Å². The molecule has 0 aromatic heterocycles. The number of nitrogens with two attached hydrogens (primary N) is 1. The molecule has 0 saturated carbocycles. The van der Waals surface area contributed by atoms with E-state index >= 15 is 0 Å². The highest BCUT2D eigenvalue weighted by atomic mass is 32.2. The minimum absolute atomic E-state index is 0.0116. The second kappa shape index (κ2) is 6.81. The van der Waals surface area contributed by atoms with Crippen LogP contribution in [0.5, 0.6) is 0 Å². The van der Waals surface area contributed by atoms with Crippen molar-refractivity contribution in [1.29, 1.82) is 0 Å². The molecule has 1 atom stereocenters. The number of rotatable bonds is 5. The maximum atomic E-state index is 12.4. The van der Waals surface area contributed by atoms with Crippen LogP contribution in [0, 0.1) is 5.92 Å². The van der Waals surface area contributed by atoms with Crippen molar-refractivity contribution in [2.45, 2.75) is 23.7 Å². The quantitative estimate of drug-likeness (QED) is 0.819. The molecule has 1 unspecified atom stereocenters. The molecular weight excluding hydrogens is 277 g/mol. The number of nitrogens with one attached hydrogen (secondary N) is 1. The van der Waals surface area contributed by atoms with Crippen LogP contribution in [0.15, 0.2) is 29.2 Å². The largest absolute Gasteiger partial charge is 0.446 e. The average molecular weight is 292 g/mol. The van der Waals surface area contributed by atoms with E-state index in [1.165, 1.54) is 18.2 Å². The van der Waals surface area contributed by atoms with Crippen LogP contribution in [-0.4, -0.2) is 18.0 Å². The zero-order valence-electron chi connectivity index (χ0n) is 10.3. The Bertz CT molecular complexity index is 437. The summed E-state index contributed by atoms with van der Waals surface area (Å²) >= 11 is -0.245. The summed E-state index contributed by atoms with van der Waals surface area (Å²) in [6, 6.07) is 5.83. The van der Waals surface area contributed by atoms with E-state index in [0.29, 0.717) is 6.54 Å². The van der Waals surface area contributed by atoms with Crippen LogP contribution >= 0.6 is 11.8 Å². The van der Waals surface area contributed by atoms with Gasteiger partial charge in [-0.05, 0) is 36.4 Å². The Kier molecular flexibility index (Phi) is 5.68. The molecule has 3 N–H and O–H groups in total. The molecule has 19 heavy (non-hydrogen) atoms. The molecule has 7 heteroatoms. The van der Waals surface area contributed by atoms with Crippen molar-refractivity contribution in [3.63, 3.8) is 0 Å². The lowest BCUT2D eigenvalue weighted by molar-refractivity contribution is -0.116. The molecule has 0 saturated heterocycles. The Labute approximate surface area is 113 Å². The molecule has 106 valence electrons. The second-order valence-corrected chi connectivity index (χ2v) is 5.24. The monoisotopic (exact) mass is 292 g/mol. The van der Waals surface area contributed by atoms with Crippen LogP contribution in [0.1, 0.15) is 13.3 Å². The van der Waals surface area contributed by atoms with Gasteiger partial charge in [-0.15, -0.1) is 0 Å². The summed E-state index contributed by atoms with van der Waals surface area (Å²) in [7, 11) is 0. The van der Waals surface area contributed by atoms with Crippen LogP contribution in [-0.2, 0) is 4.79 Å². The van der Waals surface area contributed by atoms with E-state index in [-0.39, 0.29) is 40.6 Å². The molecule has 0 fully saturated rings. The summed E-state index contributed by atoms with van der Waals surface area (Å²) in [5.41, 5.74) is 1.18. The van der Waals surface area contributed by atoms with Crippen molar-refractivity contribution in [3.05, 3.63) is 24.3 Å². The van der Waals surface area contributed by atoms with Crippen LogP contribution in [0.3, 0.4) is 0 Å². The highest BCUT2D eigenvalue weighted by Crippen LogP contribution is 2.40. The van der Waals surface area contributed by atoms with Gasteiger partial charge < -0.3 is 11.1 Å². The van der Waals surface area contributed by atoms with Crippen molar-refractivity contribution < 1.29 is 18.0 Å². The number of halogens is 3. The summed E-state index contributed by atoms with van der Waals surface area (Å²) < 4.78 is 37.1. The highest BCUT2D eigenvalue weighted by Gasteiger charge is 2.30. The van der Waals surface area contributed by atoms with E-state index in [4.69, 9.17) is 5.73 Å². The SMILES string of the molecule is CC(CN)CC(=O)Nc1ccccc1SC(F)(F)F. The first kappa shape index (κ1) is 15.8. The number of hydrogen-bond acceptors (Lipinski definition) is 3. The third-order valence-electron chi connectivity index (χ3n) is 2.32. The lowest BCUT2D eigenvalue weighted by atomic mass is 10.1. The molecule has 0 spiro atoms. The molecule has 3 nitrogen and oxygen atoms in total. The van der Waals surface area contributed by atoms with Crippen molar-refractivity contribution in [2.75, 3.05) is 11.9 Å². The van der Waals surface area contributed by atoms with Crippen LogP contribution in [0.25, 0.3) is 0 Å². The topological polar surface area (TPSA) is 55.1 Å². The number of carbonyl (C=O) groups is 1. The predicted octanol–water partition coefficient (Wildman–Crippen LogP) is 3.22. The lowest BCUT2D eigenvalue weighted by Crippen LogP contribution is -2.20. The molecule has 0 bridgehead atoms. The van der Waals surface area contributed by atoms with Crippen molar-refractivity contribution in [1.82, 2.24) is 0 Å².